The van der Waals surface area contributed by atoms with E-state index in [2.05, 4.69) is 5.32 Å². The number of phenolic OH excluding ortho intramolecular Hbond substituents is 1. The molecule has 0 heterocycles. The van der Waals surface area contributed by atoms with Crippen LogP contribution in [0.2, 0.25) is 0 Å². The van der Waals surface area contributed by atoms with Crippen LogP contribution in [0.15, 0.2) is 137 Å². The molecule has 0 saturated carbocycles. The molecule has 0 aliphatic carbocycles. The number of hydrogen-bond donors (Lipinski definition) is 2. The lowest BCUT2D eigenvalue weighted by molar-refractivity contribution is 0.215. The van der Waals surface area contributed by atoms with Crippen molar-refractivity contribution in [3.05, 3.63) is 127 Å². The third-order valence-electron chi connectivity index (χ3n) is 6.35. The second-order valence-corrected chi connectivity index (χ2v) is 9.88. The van der Waals surface area contributed by atoms with Crippen LogP contribution in [0.5, 0.6) is 11.5 Å². The average molecular weight is 514 g/mol. The summed E-state index contributed by atoms with van der Waals surface area (Å²) in [5, 5.41) is 17.7. The molecule has 5 heteroatoms. The molecular formula is C33H23NO3S. The van der Waals surface area contributed by atoms with Gasteiger partial charge in [0.1, 0.15) is 11.5 Å². The summed E-state index contributed by atoms with van der Waals surface area (Å²) in [6, 6.07) is 40.6. The van der Waals surface area contributed by atoms with Crippen molar-refractivity contribution in [3.8, 4) is 22.6 Å². The highest BCUT2D eigenvalue weighted by Gasteiger charge is 2.20. The number of carbonyl (C=O) groups is 1. The highest BCUT2D eigenvalue weighted by Crippen LogP contribution is 2.45. The number of ether oxygens (including phenoxy) is 1. The molecule has 38 heavy (non-hydrogen) atoms. The lowest BCUT2D eigenvalue weighted by Gasteiger charge is -2.17. The Labute approximate surface area is 224 Å². The van der Waals surface area contributed by atoms with E-state index in [1.165, 1.54) is 0 Å². The van der Waals surface area contributed by atoms with Crippen molar-refractivity contribution in [1.82, 2.24) is 0 Å². The van der Waals surface area contributed by atoms with Gasteiger partial charge in [-0.15, -0.1) is 0 Å². The number of phenols is 1. The predicted octanol–water partition coefficient (Wildman–Crippen LogP) is 9.13. The maximum absolute atomic E-state index is 13.2. The normalized spacial score (nSPS) is 10.9. The number of carbonyl (C=O) groups excluding carboxylic acids is 1. The Bertz CT molecular complexity index is 1780. The van der Waals surface area contributed by atoms with Gasteiger partial charge in [0, 0.05) is 20.9 Å². The molecule has 4 nitrogen and oxygen atoms in total. The topological polar surface area (TPSA) is 58.6 Å². The summed E-state index contributed by atoms with van der Waals surface area (Å²) in [6.07, 6.45) is -0.609. The summed E-state index contributed by atoms with van der Waals surface area (Å²) in [5.41, 5.74) is 1.95. The minimum atomic E-state index is -0.609. The van der Waals surface area contributed by atoms with Crippen molar-refractivity contribution in [2.75, 3.05) is 5.32 Å². The van der Waals surface area contributed by atoms with Crippen molar-refractivity contribution in [2.24, 2.45) is 0 Å². The first kappa shape index (κ1) is 23.6. The molecule has 0 saturated heterocycles. The zero-order chi connectivity index (χ0) is 25.9. The summed E-state index contributed by atoms with van der Waals surface area (Å²) in [7, 11) is 0. The second kappa shape index (κ2) is 10.3. The van der Waals surface area contributed by atoms with E-state index in [0.29, 0.717) is 22.6 Å². The maximum Gasteiger partial charge on any atom is 0.417 e. The molecule has 2 N–H and O–H groups in total. The van der Waals surface area contributed by atoms with Crippen molar-refractivity contribution >= 4 is 45.1 Å². The molecule has 0 spiro atoms. The van der Waals surface area contributed by atoms with Gasteiger partial charge in [-0.1, -0.05) is 103 Å². The first-order chi connectivity index (χ1) is 18.7. The number of amides is 1. The number of para-hydroxylation sites is 1. The number of fused-ring (bicyclic) bond motifs is 2. The zero-order valence-electron chi connectivity index (χ0n) is 20.3. The van der Waals surface area contributed by atoms with Gasteiger partial charge in [-0.05, 0) is 57.9 Å². The predicted molar refractivity (Wildman–Crippen MR) is 155 cm³/mol. The van der Waals surface area contributed by atoms with Crippen LogP contribution < -0.4 is 10.1 Å². The summed E-state index contributed by atoms with van der Waals surface area (Å²) in [4.78, 5) is 15.2. The maximum atomic E-state index is 13.2. The Morgan fingerprint density at radius 1 is 0.632 bits per heavy atom. The Morgan fingerprint density at radius 2 is 1.24 bits per heavy atom. The average Bonchev–Trinajstić information content (AvgIpc) is 2.95. The molecule has 0 aliphatic rings. The first-order valence-corrected chi connectivity index (χ1v) is 13.0. The quantitative estimate of drug-likeness (QED) is 0.241. The van der Waals surface area contributed by atoms with E-state index in [1.807, 2.05) is 115 Å². The Morgan fingerprint density at radius 3 is 2.00 bits per heavy atom. The highest BCUT2D eigenvalue weighted by atomic mass is 32.2. The molecule has 6 aromatic carbocycles. The fraction of sp³-hybridized carbons (Fsp3) is 0. The molecule has 6 aromatic rings. The van der Waals surface area contributed by atoms with Crippen LogP contribution in [0.25, 0.3) is 32.7 Å². The van der Waals surface area contributed by atoms with Gasteiger partial charge in [-0.2, -0.15) is 0 Å². The Balaban J connectivity index is 1.40. The van der Waals surface area contributed by atoms with E-state index in [4.69, 9.17) is 4.74 Å². The number of anilines is 1. The minimum absolute atomic E-state index is 0.120. The fourth-order valence-electron chi connectivity index (χ4n) is 4.63. The molecule has 6 rings (SSSR count). The molecule has 0 atom stereocenters. The summed E-state index contributed by atoms with van der Waals surface area (Å²) in [5.74, 6) is 0.482. The van der Waals surface area contributed by atoms with E-state index in [0.717, 1.165) is 31.3 Å². The molecule has 0 fully saturated rings. The van der Waals surface area contributed by atoms with Crippen molar-refractivity contribution < 1.29 is 14.6 Å². The summed E-state index contributed by atoms with van der Waals surface area (Å²) in [6.45, 7) is 0. The van der Waals surface area contributed by atoms with Crippen LogP contribution in [0, 0.1) is 0 Å². The van der Waals surface area contributed by atoms with Gasteiger partial charge >= 0.3 is 6.09 Å². The molecule has 1 amide bonds. The lowest BCUT2D eigenvalue weighted by atomic mass is 9.92. The van der Waals surface area contributed by atoms with Crippen molar-refractivity contribution in [2.45, 2.75) is 9.79 Å². The van der Waals surface area contributed by atoms with Gasteiger partial charge in [-0.3, -0.25) is 5.32 Å². The monoisotopic (exact) mass is 513 g/mol. The Hall–Kier alpha value is -4.74. The molecule has 0 bridgehead atoms. The second-order valence-electron chi connectivity index (χ2n) is 8.77. The van der Waals surface area contributed by atoms with Gasteiger partial charge in [0.05, 0.1) is 5.69 Å². The molecular weight excluding hydrogens is 490 g/mol. The van der Waals surface area contributed by atoms with Crippen molar-refractivity contribution in [3.63, 3.8) is 0 Å². The van der Waals surface area contributed by atoms with E-state index in [9.17, 15) is 9.90 Å². The first-order valence-electron chi connectivity index (χ1n) is 12.2. The molecule has 0 aliphatic heterocycles. The van der Waals surface area contributed by atoms with Crippen LogP contribution >= 0.6 is 11.8 Å². The molecule has 0 radical (unpaired) electrons. The van der Waals surface area contributed by atoms with Gasteiger partial charge < -0.3 is 9.84 Å². The molecule has 184 valence electrons. The smallest absolute Gasteiger partial charge is 0.417 e. The highest BCUT2D eigenvalue weighted by molar-refractivity contribution is 7.99. The van der Waals surface area contributed by atoms with Gasteiger partial charge in [-0.25, -0.2) is 4.79 Å². The number of rotatable bonds is 5. The molecule has 0 aromatic heterocycles. The van der Waals surface area contributed by atoms with Crippen LogP contribution in [-0.2, 0) is 0 Å². The van der Waals surface area contributed by atoms with E-state index < -0.39 is 6.09 Å². The summed E-state index contributed by atoms with van der Waals surface area (Å²) < 4.78 is 5.95. The molecule has 0 unspecified atom stereocenters. The minimum Gasteiger partial charge on any atom is -0.507 e. The number of nitrogens with one attached hydrogen (secondary N) is 1. The third-order valence-corrected chi connectivity index (χ3v) is 7.43. The number of aromatic hydroxyl groups is 1. The number of benzene rings is 6. The standard InChI is InChI=1S/C33H23NO3S/c35-28-20-18-22-10-4-6-14-25(22)31(28)32-26-15-7-5-11-23(26)19-21-29(32)37-33(36)34-27-16-8-9-17-30(27)38-24-12-2-1-3-13-24/h1-21,35H,(H,34,36). The SMILES string of the molecule is O=C(Nc1ccccc1Sc1ccccc1)Oc1ccc2ccccc2c1-c1c(O)ccc2ccccc12. The number of hydrogen-bond acceptors (Lipinski definition) is 4. The van der Waals surface area contributed by atoms with Gasteiger partial charge in [0.25, 0.3) is 0 Å². The Kier molecular flexibility index (Phi) is 6.42. The van der Waals surface area contributed by atoms with E-state index >= 15 is 0 Å². The largest absolute Gasteiger partial charge is 0.507 e. The van der Waals surface area contributed by atoms with Gasteiger partial charge in [0.2, 0.25) is 0 Å². The van der Waals surface area contributed by atoms with Crippen molar-refractivity contribution in [1.29, 1.82) is 0 Å². The van der Waals surface area contributed by atoms with Crippen LogP contribution in [-0.4, -0.2) is 11.2 Å². The lowest BCUT2D eigenvalue weighted by Crippen LogP contribution is -2.17. The van der Waals surface area contributed by atoms with Crippen LogP contribution in [0.1, 0.15) is 0 Å². The van der Waals surface area contributed by atoms with Gasteiger partial charge in [0.15, 0.2) is 0 Å². The third kappa shape index (κ3) is 4.67. The van der Waals surface area contributed by atoms with Crippen LogP contribution in [0.4, 0.5) is 10.5 Å². The van der Waals surface area contributed by atoms with E-state index in [1.54, 1.807) is 23.9 Å². The summed E-state index contributed by atoms with van der Waals surface area (Å²) >= 11 is 1.56. The fourth-order valence-corrected chi connectivity index (χ4v) is 5.55. The van der Waals surface area contributed by atoms with E-state index in [-0.39, 0.29) is 5.75 Å². The van der Waals surface area contributed by atoms with Crippen LogP contribution in [0.3, 0.4) is 0 Å². The zero-order valence-corrected chi connectivity index (χ0v) is 21.1.